The largest absolute Gasteiger partial charge is 0.398 e. The van der Waals surface area contributed by atoms with Gasteiger partial charge in [0.25, 0.3) is 5.91 Å². The van der Waals surface area contributed by atoms with E-state index in [9.17, 15) is 9.90 Å². The first-order chi connectivity index (χ1) is 8.56. The molecule has 4 nitrogen and oxygen atoms in total. The molecule has 98 valence electrons. The van der Waals surface area contributed by atoms with E-state index in [2.05, 4.69) is 5.32 Å². The average Bonchev–Trinajstić information content (AvgIpc) is 2.75. The molecule has 5 heteroatoms. The Morgan fingerprint density at radius 3 is 2.89 bits per heavy atom. The van der Waals surface area contributed by atoms with E-state index < -0.39 is 0 Å². The van der Waals surface area contributed by atoms with Gasteiger partial charge in [0.2, 0.25) is 0 Å². The Kier molecular flexibility index (Phi) is 4.09. The van der Waals surface area contributed by atoms with Crippen molar-refractivity contribution in [2.24, 2.45) is 5.92 Å². The quantitative estimate of drug-likeness (QED) is 0.732. The highest BCUT2D eigenvalue weighted by molar-refractivity contribution is 6.33. The zero-order valence-electron chi connectivity index (χ0n) is 10.0. The van der Waals surface area contributed by atoms with E-state index in [1.54, 1.807) is 18.2 Å². The lowest BCUT2D eigenvalue weighted by Gasteiger charge is -2.11. The third-order valence-corrected chi connectivity index (χ3v) is 3.67. The summed E-state index contributed by atoms with van der Waals surface area (Å²) < 4.78 is 0. The molecule has 1 aromatic rings. The highest BCUT2D eigenvalue weighted by Gasteiger charge is 2.23. The van der Waals surface area contributed by atoms with Crippen LogP contribution < -0.4 is 11.1 Å². The van der Waals surface area contributed by atoms with Gasteiger partial charge in [0.15, 0.2) is 0 Å². The van der Waals surface area contributed by atoms with Crippen molar-refractivity contribution in [1.29, 1.82) is 0 Å². The first kappa shape index (κ1) is 13.2. The van der Waals surface area contributed by atoms with Crippen molar-refractivity contribution < 1.29 is 9.90 Å². The highest BCUT2D eigenvalue weighted by Crippen LogP contribution is 2.24. The Hall–Kier alpha value is -1.26. The van der Waals surface area contributed by atoms with Gasteiger partial charge in [0, 0.05) is 12.1 Å². The molecule has 1 aromatic carbocycles. The maximum Gasteiger partial charge on any atom is 0.251 e. The van der Waals surface area contributed by atoms with Crippen LogP contribution >= 0.6 is 11.6 Å². The SMILES string of the molecule is Nc1cc(C(=O)NCC2CCC(O)C2)ccc1Cl. The fourth-order valence-corrected chi connectivity index (χ4v) is 2.38. The maximum absolute atomic E-state index is 11.9. The first-order valence-electron chi connectivity index (χ1n) is 6.07. The molecule has 0 aromatic heterocycles. The first-order valence-corrected chi connectivity index (χ1v) is 6.45. The van der Waals surface area contributed by atoms with Crippen LogP contribution in [-0.4, -0.2) is 23.7 Å². The van der Waals surface area contributed by atoms with E-state index in [1.807, 2.05) is 0 Å². The molecule has 0 radical (unpaired) electrons. The predicted molar refractivity (Wildman–Crippen MR) is 71.5 cm³/mol. The van der Waals surface area contributed by atoms with Crippen LogP contribution in [0.2, 0.25) is 5.02 Å². The number of aliphatic hydroxyl groups excluding tert-OH is 1. The molecule has 0 bridgehead atoms. The third kappa shape index (κ3) is 3.15. The second-order valence-corrected chi connectivity index (χ2v) is 5.19. The highest BCUT2D eigenvalue weighted by atomic mass is 35.5. The number of carbonyl (C=O) groups is 1. The summed E-state index contributed by atoms with van der Waals surface area (Å²) in [6.45, 7) is 0.596. The number of nitrogens with one attached hydrogen (secondary N) is 1. The number of rotatable bonds is 3. The average molecular weight is 269 g/mol. The van der Waals surface area contributed by atoms with Gasteiger partial charge in [0.05, 0.1) is 16.8 Å². The van der Waals surface area contributed by atoms with Crippen molar-refractivity contribution in [3.63, 3.8) is 0 Å². The van der Waals surface area contributed by atoms with Crippen molar-refractivity contribution >= 4 is 23.2 Å². The molecule has 2 atom stereocenters. The van der Waals surface area contributed by atoms with E-state index in [0.29, 0.717) is 28.7 Å². The lowest BCUT2D eigenvalue weighted by Crippen LogP contribution is -2.28. The number of anilines is 1. The van der Waals surface area contributed by atoms with E-state index in [-0.39, 0.29) is 12.0 Å². The fourth-order valence-electron chi connectivity index (χ4n) is 2.26. The van der Waals surface area contributed by atoms with E-state index in [0.717, 1.165) is 19.3 Å². The van der Waals surface area contributed by atoms with Gasteiger partial charge in [0.1, 0.15) is 0 Å². The van der Waals surface area contributed by atoms with Crippen molar-refractivity contribution in [2.45, 2.75) is 25.4 Å². The topological polar surface area (TPSA) is 75.4 Å². The molecule has 18 heavy (non-hydrogen) atoms. The summed E-state index contributed by atoms with van der Waals surface area (Å²) in [5, 5.41) is 12.7. The number of halogens is 1. The van der Waals surface area contributed by atoms with Crippen LogP contribution in [0.25, 0.3) is 0 Å². The standard InChI is InChI=1S/C13H17ClN2O2/c14-11-4-2-9(6-12(11)15)13(18)16-7-8-1-3-10(17)5-8/h2,4,6,8,10,17H,1,3,5,7,15H2,(H,16,18). The predicted octanol–water partition coefficient (Wildman–Crippen LogP) is 1.81. The minimum absolute atomic E-state index is 0.153. The van der Waals surface area contributed by atoms with Crippen LogP contribution in [0.15, 0.2) is 18.2 Å². The second kappa shape index (κ2) is 5.59. The van der Waals surface area contributed by atoms with Gasteiger partial charge in [-0.1, -0.05) is 11.6 Å². The monoisotopic (exact) mass is 268 g/mol. The van der Waals surface area contributed by atoms with Gasteiger partial charge < -0.3 is 16.2 Å². The Balaban J connectivity index is 1.89. The van der Waals surface area contributed by atoms with Crippen LogP contribution in [0.1, 0.15) is 29.6 Å². The smallest absolute Gasteiger partial charge is 0.251 e. The molecule has 2 rings (SSSR count). The third-order valence-electron chi connectivity index (χ3n) is 3.32. The van der Waals surface area contributed by atoms with Gasteiger partial charge in [-0.05, 0) is 43.4 Å². The number of hydrogen-bond acceptors (Lipinski definition) is 3. The molecule has 2 unspecified atom stereocenters. The van der Waals surface area contributed by atoms with Gasteiger partial charge in [-0.15, -0.1) is 0 Å². The Morgan fingerprint density at radius 2 is 2.28 bits per heavy atom. The number of hydrogen-bond donors (Lipinski definition) is 3. The van der Waals surface area contributed by atoms with Gasteiger partial charge in [-0.2, -0.15) is 0 Å². The summed E-state index contributed by atoms with van der Waals surface area (Å²) in [5.74, 6) is 0.216. The minimum atomic E-state index is -0.210. The number of carbonyl (C=O) groups excluding carboxylic acids is 1. The molecule has 4 N–H and O–H groups in total. The van der Waals surface area contributed by atoms with E-state index >= 15 is 0 Å². The number of nitrogens with two attached hydrogens (primary N) is 1. The van der Waals surface area contributed by atoms with E-state index in [1.165, 1.54) is 0 Å². The van der Waals surface area contributed by atoms with Gasteiger partial charge >= 0.3 is 0 Å². The Morgan fingerprint density at radius 1 is 1.50 bits per heavy atom. The van der Waals surface area contributed by atoms with Crippen LogP contribution in [0.3, 0.4) is 0 Å². The second-order valence-electron chi connectivity index (χ2n) is 4.78. The van der Waals surface area contributed by atoms with Gasteiger partial charge in [-0.3, -0.25) is 4.79 Å². The Bertz CT molecular complexity index is 451. The van der Waals surface area contributed by atoms with Gasteiger partial charge in [-0.25, -0.2) is 0 Å². The zero-order chi connectivity index (χ0) is 13.1. The summed E-state index contributed by atoms with van der Waals surface area (Å²) >= 11 is 5.80. The van der Waals surface area contributed by atoms with Crippen LogP contribution in [0, 0.1) is 5.92 Å². The summed E-state index contributed by atoms with van der Waals surface area (Å²) in [7, 11) is 0. The molecule has 1 amide bonds. The van der Waals surface area contributed by atoms with E-state index in [4.69, 9.17) is 17.3 Å². The lowest BCUT2D eigenvalue weighted by molar-refractivity contribution is 0.0945. The fraction of sp³-hybridized carbons (Fsp3) is 0.462. The van der Waals surface area contributed by atoms with Crippen molar-refractivity contribution in [2.75, 3.05) is 12.3 Å². The molecule has 0 saturated heterocycles. The minimum Gasteiger partial charge on any atom is -0.398 e. The number of benzene rings is 1. The van der Waals surface area contributed by atoms with Crippen molar-refractivity contribution in [1.82, 2.24) is 5.32 Å². The molecule has 1 fully saturated rings. The summed E-state index contributed by atoms with van der Waals surface area (Å²) in [4.78, 5) is 11.9. The number of aliphatic hydroxyl groups is 1. The van der Waals surface area contributed by atoms with Crippen LogP contribution in [0.5, 0.6) is 0 Å². The van der Waals surface area contributed by atoms with Crippen molar-refractivity contribution in [3.8, 4) is 0 Å². The summed E-state index contributed by atoms with van der Waals surface area (Å²) in [6.07, 6.45) is 2.35. The number of nitrogen functional groups attached to an aromatic ring is 1. The lowest BCUT2D eigenvalue weighted by atomic mass is 10.1. The normalized spacial score (nSPS) is 23.0. The van der Waals surface area contributed by atoms with Crippen LogP contribution in [0.4, 0.5) is 5.69 Å². The van der Waals surface area contributed by atoms with Crippen molar-refractivity contribution in [3.05, 3.63) is 28.8 Å². The summed E-state index contributed by atoms with van der Waals surface area (Å²) in [6, 6.07) is 4.84. The molecule has 0 aliphatic heterocycles. The molecule has 0 heterocycles. The van der Waals surface area contributed by atoms with Crippen LogP contribution in [-0.2, 0) is 0 Å². The number of amides is 1. The Labute approximate surface area is 111 Å². The molecular weight excluding hydrogens is 252 g/mol. The molecule has 1 saturated carbocycles. The molecule has 1 aliphatic carbocycles. The zero-order valence-corrected chi connectivity index (χ0v) is 10.8. The molecular formula is C13H17ClN2O2. The summed E-state index contributed by atoms with van der Waals surface area (Å²) in [5.41, 5.74) is 6.56. The molecule has 1 aliphatic rings. The maximum atomic E-state index is 11.9. The molecule has 0 spiro atoms.